The number of nitrogens with zero attached hydrogens (tertiary/aromatic N) is 1. The minimum Gasteiger partial charge on any atom is -0.264 e. The van der Waals surface area contributed by atoms with Crippen LogP contribution in [0.4, 0.5) is 0 Å². The van der Waals surface area contributed by atoms with Crippen molar-refractivity contribution in [2.24, 2.45) is 0 Å². The van der Waals surface area contributed by atoms with Crippen molar-refractivity contribution in [1.82, 2.24) is 4.98 Å². The first-order chi connectivity index (χ1) is 21.8. The molecule has 0 spiro atoms. The molecule has 0 fully saturated rings. The molecule has 1 heterocycles. The van der Waals surface area contributed by atoms with Crippen LogP contribution < -0.4 is 0 Å². The number of aromatic nitrogens is 1. The molecule has 0 radical (unpaired) electrons. The highest BCUT2D eigenvalue weighted by atomic mass is 14.6. The van der Waals surface area contributed by atoms with Crippen molar-refractivity contribution >= 4 is 53.9 Å². The zero-order valence-corrected chi connectivity index (χ0v) is 24.0. The minimum absolute atomic E-state index is 1.17. The van der Waals surface area contributed by atoms with E-state index in [-0.39, 0.29) is 0 Å². The summed E-state index contributed by atoms with van der Waals surface area (Å²) >= 11 is 0. The third-order valence-corrected chi connectivity index (χ3v) is 9.08. The number of fused-ring (bicyclic) bond motifs is 5. The Balaban J connectivity index is 1.23. The highest BCUT2D eigenvalue weighted by molar-refractivity contribution is 6.22. The van der Waals surface area contributed by atoms with Gasteiger partial charge in [0, 0.05) is 17.8 Å². The van der Waals surface area contributed by atoms with Gasteiger partial charge in [-0.2, -0.15) is 0 Å². The van der Waals surface area contributed by atoms with Gasteiger partial charge >= 0.3 is 0 Å². The van der Waals surface area contributed by atoms with Crippen LogP contribution in [0.1, 0.15) is 0 Å². The third-order valence-electron chi connectivity index (χ3n) is 9.08. The molecule has 0 atom stereocenters. The summed E-state index contributed by atoms with van der Waals surface area (Å²) in [5.74, 6) is 0. The van der Waals surface area contributed by atoms with Crippen molar-refractivity contribution in [3.05, 3.63) is 164 Å². The highest BCUT2D eigenvalue weighted by Crippen LogP contribution is 2.44. The quantitative estimate of drug-likeness (QED) is 0.197. The number of pyridine rings is 1. The summed E-state index contributed by atoms with van der Waals surface area (Å²) in [7, 11) is 0. The molecule has 0 aliphatic carbocycles. The van der Waals surface area contributed by atoms with E-state index in [4.69, 9.17) is 0 Å². The van der Waals surface area contributed by atoms with Crippen LogP contribution in [0.15, 0.2) is 164 Å². The lowest BCUT2D eigenvalue weighted by Gasteiger charge is -2.18. The Labute approximate surface area is 255 Å². The van der Waals surface area contributed by atoms with Crippen molar-refractivity contribution in [1.29, 1.82) is 0 Å². The van der Waals surface area contributed by atoms with Crippen LogP contribution in [0.25, 0.3) is 87.2 Å². The Kier molecular flexibility index (Phi) is 5.57. The SMILES string of the molecule is c1ccc2cc(-c3ccc4cc(-c5c6ccccc6c(-c6ccc7ccccc7c6)c6ccncc56)ccc4c3)ccc2c1. The number of hydrogen-bond donors (Lipinski definition) is 0. The van der Waals surface area contributed by atoms with Gasteiger partial charge < -0.3 is 0 Å². The maximum absolute atomic E-state index is 4.62. The molecule has 9 aromatic rings. The van der Waals surface area contributed by atoms with E-state index in [1.165, 1.54) is 87.2 Å². The molecule has 204 valence electrons. The zero-order valence-electron chi connectivity index (χ0n) is 24.0. The molecule has 1 heteroatoms. The third kappa shape index (κ3) is 3.98. The second kappa shape index (κ2) is 9.90. The molecule has 0 amide bonds. The minimum atomic E-state index is 1.17. The van der Waals surface area contributed by atoms with Gasteiger partial charge in [0.15, 0.2) is 0 Å². The second-order valence-corrected chi connectivity index (χ2v) is 11.6. The van der Waals surface area contributed by atoms with Crippen LogP contribution >= 0.6 is 0 Å². The number of hydrogen-bond acceptors (Lipinski definition) is 1. The summed E-state index contributed by atoms with van der Waals surface area (Å²) < 4.78 is 0. The molecular formula is C43H27N. The summed E-state index contributed by atoms with van der Waals surface area (Å²) in [5.41, 5.74) is 7.39. The first kappa shape index (κ1) is 24.8. The molecule has 9 rings (SSSR count). The topological polar surface area (TPSA) is 12.9 Å². The molecule has 8 aromatic carbocycles. The lowest BCUT2D eigenvalue weighted by atomic mass is 9.86. The van der Waals surface area contributed by atoms with Gasteiger partial charge in [-0.15, -0.1) is 0 Å². The molecule has 0 aliphatic heterocycles. The Morgan fingerprint density at radius 1 is 0.295 bits per heavy atom. The molecule has 0 unspecified atom stereocenters. The average molecular weight is 558 g/mol. The largest absolute Gasteiger partial charge is 0.264 e. The summed E-state index contributed by atoms with van der Waals surface area (Å²) in [5, 5.41) is 12.4. The molecule has 0 bridgehead atoms. The molecule has 1 nitrogen and oxygen atoms in total. The van der Waals surface area contributed by atoms with Crippen molar-refractivity contribution in [3.63, 3.8) is 0 Å². The van der Waals surface area contributed by atoms with Gasteiger partial charge in [-0.3, -0.25) is 4.98 Å². The molecule has 0 aliphatic rings. The molecule has 1 aromatic heterocycles. The Morgan fingerprint density at radius 2 is 0.682 bits per heavy atom. The normalized spacial score (nSPS) is 11.6. The predicted octanol–water partition coefficient (Wildman–Crippen LogP) is 11.8. The standard InChI is InChI=1S/C43H27N/c1-3-9-30-23-32(15-13-28(30)7-1)33-16-17-35-26-37(20-18-34(35)24-33)43-39-12-6-5-11-38(39)42(40-21-22-44-27-41(40)43)36-19-14-29-8-2-4-10-31(29)25-36/h1-27H. The van der Waals surface area contributed by atoms with E-state index in [0.717, 1.165) is 0 Å². The predicted molar refractivity (Wildman–Crippen MR) is 188 cm³/mol. The van der Waals surface area contributed by atoms with Crippen LogP contribution in [0.5, 0.6) is 0 Å². The van der Waals surface area contributed by atoms with Crippen molar-refractivity contribution in [2.45, 2.75) is 0 Å². The van der Waals surface area contributed by atoms with Gasteiger partial charge in [0.2, 0.25) is 0 Å². The van der Waals surface area contributed by atoms with Gasteiger partial charge in [-0.05, 0) is 112 Å². The number of benzene rings is 8. The van der Waals surface area contributed by atoms with Crippen molar-refractivity contribution in [3.8, 4) is 33.4 Å². The van der Waals surface area contributed by atoms with Crippen LogP contribution in [0.3, 0.4) is 0 Å². The Morgan fingerprint density at radius 3 is 1.25 bits per heavy atom. The lowest BCUT2D eigenvalue weighted by molar-refractivity contribution is 1.37. The summed E-state index contributed by atoms with van der Waals surface area (Å²) in [6.45, 7) is 0. The van der Waals surface area contributed by atoms with E-state index in [9.17, 15) is 0 Å². The van der Waals surface area contributed by atoms with E-state index in [1.54, 1.807) is 0 Å². The lowest BCUT2D eigenvalue weighted by Crippen LogP contribution is -1.92. The highest BCUT2D eigenvalue weighted by Gasteiger charge is 2.17. The van der Waals surface area contributed by atoms with Crippen LogP contribution in [-0.4, -0.2) is 4.98 Å². The smallest absolute Gasteiger partial charge is 0.0353 e. The van der Waals surface area contributed by atoms with E-state index < -0.39 is 0 Å². The van der Waals surface area contributed by atoms with Crippen LogP contribution in [0.2, 0.25) is 0 Å². The fraction of sp³-hybridized carbons (Fsp3) is 0. The van der Waals surface area contributed by atoms with Crippen molar-refractivity contribution < 1.29 is 0 Å². The Hall–Kier alpha value is -5.79. The molecule has 44 heavy (non-hydrogen) atoms. The van der Waals surface area contributed by atoms with E-state index in [1.807, 2.05) is 12.4 Å². The fourth-order valence-electron chi connectivity index (χ4n) is 6.94. The van der Waals surface area contributed by atoms with Crippen molar-refractivity contribution in [2.75, 3.05) is 0 Å². The second-order valence-electron chi connectivity index (χ2n) is 11.6. The van der Waals surface area contributed by atoms with Gasteiger partial charge in [0.25, 0.3) is 0 Å². The maximum atomic E-state index is 4.62. The molecule has 0 saturated carbocycles. The van der Waals surface area contributed by atoms with E-state index in [2.05, 4.69) is 157 Å². The molecule has 0 N–H and O–H groups in total. The molecule has 0 saturated heterocycles. The Bertz CT molecular complexity index is 2500. The van der Waals surface area contributed by atoms with Gasteiger partial charge in [-0.1, -0.05) is 121 Å². The first-order valence-electron chi connectivity index (χ1n) is 15.1. The average Bonchev–Trinajstić information content (AvgIpc) is 3.09. The van der Waals surface area contributed by atoms with Gasteiger partial charge in [0.05, 0.1) is 0 Å². The van der Waals surface area contributed by atoms with E-state index >= 15 is 0 Å². The zero-order chi connectivity index (χ0) is 29.0. The van der Waals surface area contributed by atoms with Gasteiger partial charge in [-0.25, -0.2) is 0 Å². The van der Waals surface area contributed by atoms with Crippen LogP contribution in [-0.2, 0) is 0 Å². The summed E-state index contributed by atoms with van der Waals surface area (Å²) in [4.78, 5) is 4.62. The summed E-state index contributed by atoms with van der Waals surface area (Å²) in [6.07, 6.45) is 3.95. The monoisotopic (exact) mass is 557 g/mol. The van der Waals surface area contributed by atoms with E-state index in [0.29, 0.717) is 0 Å². The summed E-state index contributed by atoms with van der Waals surface area (Å²) in [6, 6.07) is 55.3. The first-order valence-corrected chi connectivity index (χ1v) is 15.1. The van der Waals surface area contributed by atoms with Gasteiger partial charge in [0.1, 0.15) is 0 Å². The maximum Gasteiger partial charge on any atom is 0.0353 e. The number of rotatable bonds is 3. The van der Waals surface area contributed by atoms with Crippen LogP contribution in [0, 0.1) is 0 Å². The fourth-order valence-corrected chi connectivity index (χ4v) is 6.94. The molecular weight excluding hydrogens is 530 g/mol.